The van der Waals surface area contributed by atoms with Gasteiger partial charge in [-0.2, -0.15) is 0 Å². The summed E-state index contributed by atoms with van der Waals surface area (Å²) in [6, 6.07) is 0. The van der Waals surface area contributed by atoms with Crippen LogP contribution in [0.15, 0.2) is 9.59 Å². The molecule has 0 spiro atoms. The number of rotatable bonds is 4. The molecular formula is C16H24N6O3. The van der Waals surface area contributed by atoms with Gasteiger partial charge in [0.1, 0.15) is 11.3 Å². The molecule has 3 heterocycles. The number of piperazine rings is 1. The maximum Gasteiger partial charge on any atom is 0.332 e. The lowest BCUT2D eigenvalue weighted by Crippen LogP contribution is -2.48. The highest BCUT2D eigenvalue weighted by Gasteiger charge is 2.20. The number of hydrogen-bond donors (Lipinski definition) is 1. The first-order valence-electron chi connectivity index (χ1n) is 8.57. The van der Waals surface area contributed by atoms with Gasteiger partial charge in [-0.1, -0.05) is 6.92 Å². The van der Waals surface area contributed by atoms with Crippen LogP contribution < -0.4 is 11.2 Å². The van der Waals surface area contributed by atoms with Crippen LogP contribution in [0.3, 0.4) is 0 Å². The molecule has 9 nitrogen and oxygen atoms in total. The molecule has 1 N–H and O–H groups in total. The molecule has 0 saturated carbocycles. The average molecular weight is 348 g/mol. The average Bonchev–Trinajstić information content (AvgIpc) is 3.07. The number of aromatic amines is 1. The summed E-state index contributed by atoms with van der Waals surface area (Å²) < 4.78 is 2.38. The molecule has 3 rings (SSSR count). The fourth-order valence-corrected chi connectivity index (χ4v) is 3.19. The fourth-order valence-electron chi connectivity index (χ4n) is 3.19. The van der Waals surface area contributed by atoms with Crippen LogP contribution in [-0.2, 0) is 25.3 Å². The quantitative estimate of drug-likeness (QED) is 0.769. The molecular weight excluding hydrogens is 324 g/mol. The Kier molecular flexibility index (Phi) is 4.76. The number of H-pyrrole nitrogens is 1. The number of carbonyl (C=O) groups is 1. The van der Waals surface area contributed by atoms with Crippen molar-refractivity contribution >= 4 is 17.1 Å². The molecule has 1 aliphatic rings. The Labute approximate surface area is 144 Å². The second-order valence-electron chi connectivity index (χ2n) is 6.40. The number of nitrogens with one attached hydrogen (secondary N) is 1. The molecule has 136 valence electrons. The lowest BCUT2D eigenvalue weighted by Gasteiger charge is -2.34. The molecule has 2 aromatic rings. The van der Waals surface area contributed by atoms with Crippen LogP contribution >= 0.6 is 0 Å². The number of amides is 1. The standard InChI is InChI=1S/C16H24N6O3/c1-4-21-7-9-22(10-8-21)12(23)6-5-11-17-13-14(18-11)19(2)16(25)20(3)15(13)24/h4-10H2,1-3H3,(H,17,18). The van der Waals surface area contributed by atoms with Crippen molar-refractivity contribution in [2.45, 2.75) is 19.8 Å². The highest BCUT2D eigenvalue weighted by atomic mass is 16.2. The third-order valence-electron chi connectivity index (χ3n) is 4.89. The number of aromatic nitrogens is 4. The second kappa shape index (κ2) is 6.83. The zero-order valence-corrected chi connectivity index (χ0v) is 14.9. The largest absolute Gasteiger partial charge is 0.340 e. The Morgan fingerprint density at radius 2 is 1.80 bits per heavy atom. The maximum absolute atomic E-state index is 12.4. The zero-order chi connectivity index (χ0) is 18.1. The van der Waals surface area contributed by atoms with E-state index in [2.05, 4.69) is 21.8 Å². The van der Waals surface area contributed by atoms with E-state index in [1.54, 1.807) is 7.05 Å². The van der Waals surface area contributed by atoms with Crippen molar-refractivity contribution in [1.82, 2.24) is 28.9 Å². The van der Waals surface area contributed by atoms with Crippen LogP contribution in [0, 0.1) is 0 Å². The van der Waals surface area contributed by atoms with Crippen LogP contribution in [0.2, 0.25) is 0 Å². The molecule has 0 aromatic carbocycles. The van der Waals surface area contributed by atoms with Gasteiger partial charge in [0.25, 0.3) is 5.56 Å². The number of imidazole rings is 1. The van der Waals surface area contributed by atoms with E-state index in [4.69, 9.17) is 0 Å². The van der Waals surface area contributed by atoms with Crippen LogP contribution in [0.1, 0.15) is 19.2 Å². The first-order valence-corrected chi connectivity index (χ1v) is 8.57. The lowest BCUT2D eigenvalue weighted by molar-refractivity contribution is -0.132. The highest BCUT2D eigenvalue weighted by molar-refractivity contribution is 5.76. The third kappa shape index (κ3) is 3.23. The number of likely N-dealkylation sites (N-methyl/N-ethyl adjacent to an activating group) is 1. The van der Waals surface area contributed by atoms with Crippen LogP contribution in [-0.4, -0.2) is 67.5 Å². The molecule has 2 aromatic heterocycles. The fraction of sp³-hybridized carbons (Fsp3) is 0.625. The molecule has 1 amide bonds. The molecule has 1 saturated heterocycles. The first kappa shape index (κ1) is 17.4. The number of carbonyl (C=O) groups excluding carboxylic acids is 1. The minimum Gasteiger partial charge on any atom is -0.340 e. The third-order valence-corrected chi connectivity index (χ3v) is 4.89. The summed E-state index contributed by atoms with van der Waals surface area (Å²) in [6.07, 6.45) is 0.749. The second-order valence-corrected chi connectivity index (χ2v) is 6.40. The molecule has 25 heavy (non-hydrogen) atoms. The van der Waals surface area contributed by atoms with Gasteiger partial charge < -0.3 is 14.8 Å². The van der Waals surface area contributed by atoms with Gasteiger partial charge in [-0.3, -0.25) is 18.7 Å². The van der Waals surface area contributed by atoms with Gasteiger partial charge in [-0.05, 0) is 6.54 Å². The summed E-state index contributed by atoms with van der Waals surface area (Å²) in [5.74, 6) is 0.645. The number of hydrogen-bond acceptors (Lipinski definition) is 5. The molecule has 0 bridgehead atoms. The Morgan fingerprint density at radius 3 is 2.44 bits per heavy atom. The smallest absolute Gasteiger partial charge is 0.332 e. The molecule has 1 aliphatic heterocycles. The van der Waals surface area contributed by atoms with Crippen molar-refractivity contribution < 1.29 is 4.79 Å². The summed E-state index contributed by atoms with van der Waals surface area (Å²) in [5.41, 5.74) is -0.199. The summed E-state index contributed by atoms with van der Waals surface area (Å²) in [4.78, 5) is 48.0. The Morgan fingerprint density at radius 1 is 1.12 bits per heavy atom. The summed E-state index contributed by atoms with van der Waals surface area (Å²) >= 11 is 0. The molecule has 0 aliphatic carbocycles. The SMILES string of the molecule is CCN1CCN(C(=O)CCc2nc3c([nH]2)c(=O)n(C)c(=O)n3C)CC1. The van der Waals surface area contributed by atoms with Crippen molar-refractivity contribution in [3.63, 3.8) is 0 Å². The Hall–Kier alpha value is -2.42. The Balaban J connectivity index is 1.71. The predicted octanol–water partition coefficient (Wildman–Crippen LogP) is -0.943. The van der Waals surface area contributed by atoms with Gasteiger partial charge in [-0.25, -0.2) is 9.78 Å². The van der Waals surface area contributed by atoms with Gasteiger partial charge in [-0.15, -0.1) is 0 Å². The van der Waals surface area contributed by atoms with E-state index < -0.39 is 11.2 Å². The monoisotopic (exact) mass is 348 g/mol. The van der Waals surface area contributed by atoms with Gasteiger partial charge in [0.05, 0.1) is 0 Å². The minimum absolute atomic E-state index is 0.0954. The molecule has 0 atom stereocenters. The normalized spacial score (nSPS) is 15.9. The van der Waals surface area contributed by atoms with Crippen LogP contribution in [0.25, 0.3) is 11.2 Å². The first-order chi connectivity index (χ1) is 11.9. The molecule has 1 fully saturated rings. The van der Waals surface area contributed by atoms with E-state index >= 15 is 0 Å². The topological polar surface area (TPSA) is 96.2 Å². The lowest BCUT2D eigenvalue weighted by atomic mass is 10.2. The van der Waals surface area contributed by atoms with Crippen molar-refractivity contribution in [3.05, 3.63) is 26.7 Å². The summed E-state index contributed by atoms with van der Waals surface area (Å²) in [6.45, 7) is 6.45. The number of fused-ring (bicyclic) bond motifs is 1. The van der Waals surface area contributed by atoms with E-state index in [1.807, 2.05) is 4.90 Å². The maximum atomic E-state index is 12.4. The van der Waals surface area contributed by atoms with Gasteiger partial charge >= 0.3 is 5.69 Å². The molecule has 0 radical (unpaired) electrons. The van der Waals surface area contributed by atoms with Gasteiger partial charge in [0.15, 0.2) is 5.65 Å². The van der Waals surface area contributed by atoms with Crippen molar-refractivity contribution in [2.75, 3.05) is 32.7 Å². The van der Waals surface area contributed by atoms with Crippen molar-refractivity contribution in [1.29, 1.82) is 0 Å². The zero-order valence-electron chi connectivity index (χ0n) is 14.9. The van der Waals surface area contributed by atoms with Gasteiger partial charge in [0.2, 0.25) is 5.91 Å². The number of nitrogens with zero attached hydrogens (tertiary/aromatic N) is 5. The summed E-state index contributed by atoms with van der Waals surface area (Å²) in [5, 5.41) is 0. The Bertz CT molecular complexity index is 901. The van der Waals surface area contributed by atoms with Gasteiger partial charge in [0, 0.05) is 53.1 Å². The van der Waals surface area contributed by atoms with Crippen molar-refractivity contribution in [3.8, 4) is 0 Å². The minimum atomic E-state index is -0.416. The van der Waals surface area contributed by atoms with E-state index in [0.717, 1.165) is 37.3 Å². The molecule has 0 unspecified atom stereocenters. The van der Waals surface area contributed by atoms with Crippen LogP contribution in [0.4, 0.5) is 0 Å². The summed E-state index contributed by atoms with van der Waals surface area (Å²) in [7, 11) is 3.01. The predicted molar refractivity (Wildman–Crippen MR) is 93.6 cm³/mol. The molecule has 9 heteroatoms. The van der Waals surface area contributed by atoms with E-state index in [-0.39, 0.29) is 5.91 Å². The highest BCUT2D eigenvalue weighted by Crippen LogP contribution is 2.09. The van der Waals surface area contributed by atoms with E-state index in [0.29, 0.717) is 29.8 Å². The van der Waals surface area contributed by atoms with Crippen LogP contribution in [0.5, 0.6) is 0 Å². The number of aryl methyl sites for hydroxylation is 2. The van der Waals surface area contributed by atoms with E-state index in [9.17, 15) is 14.4 Å². The van der Waals surface area contributed by atoms with Crippen molar-refractivity contribution in [2.24, 2.45) is 14.1 Å². The van der Waals surface area contributed by atoms with E-state index in [1.165, 1.54) is 11.6 Å².